The quantitative estimate of drug-likeness (QED) is 0.367. The molecular formula is C23H20N2O5. The number of nitro groups is 1. The van der Waals surface area contributed by atoms with Crippen LogP contribution in [0.1, 0.15) is 15.9 Å². The van der Waals surface area contributed by atoms with Crippen LogP contribution in [0.15, 0.2) is 78.9 Å². The van der Waals surface area contributed by atoms with Crippen LogP contribution in [0.25, 0.3) is 11.1 Å². The normalized spacial score (nSPS) is 11.4. The molecule has 1 amide bonds. The Kier molecular flexibility index (Phi) is 6.54. The van der Waals surface area contributed by atoms with Crippen molar-refractivity contribution in [3.63, 3.8) is 0 Å². The van der Waals surface area contributed by atoms with Crippen LogP contribution >= 0.6 is 0 Å². The number of nitrogens with zero attached hydrogens (tertiary/aromatic N) is 1. The van der Waals surface area contributed by atoms with Crippen molar-refractivity contribution in [1.82, 2.24) is 5.32 Å². The minimum atomic E-state index is -0.919. The van der Waals surface area contributed by atoms with Gasteiger partial charge < -0.3 is 10.1 Å². The maximum Gasteiger partial charge on any atom is 0.328 e. The predicted octanol–water partition coefficient (Wildman–Crippen LogP) is 3.78. The van der Waals surface area contributed by atoms with E-state index in [2.05, 4.69) is 5.32 Å². The van der Waals surface area contributed by atoms with Crippen molar-refractivity contribution in [2.75, 3.05) is 7.11 Å². The number of methoxy groups -OCH3 is 1. The molecular weight excluding hydrogens is 384 g/mol. The van der Waals surface area contributed by atoms with Crippen LogP contribution in [-0.2, 0) is 16.0 Å². The SMILES string of the molecule is COC(=O)[C@@H](Cc1ccc([N+](=O)[O-])cc1)NC(=O)c1ccc(-c2ccccc2)cc1. The van der Waals surface area contributed by atoms with Crippen LogP contribution in [0.3, 0.4) is 0 Å². The molecule has 0 radical (unpaired) electrons. The molecule has 3 aromatic carbocycles. The van der Waals surface area contributed by atoms with E-state index in [0.29, 0.717) is 11.1 Å². The first-order valence-electron chi connectivity index (χ1n) is 9.25. The van der Waals surface area contributed by atoms with Crippen molar-refractivity contribution < 1.29 is 19.2 Å². The van der Waals surface area contributed by atoms with Gasteiger partial charge in [0.25, 0.3) is 11.6 Å². The van der Waals surface area contributed by atoms with Crippen molar-refractivity contribution >= 4 is 17.6 Å². The van der Waals surface area contributed by atoms with Gasteiger partial charge in [0, 0.05) is 24.1 Å². The third-order valence-corrected chi connectivity index (χ3v) is 4.63. The third-order valence-electron chi connectivity index (χ3n) is 4.63. The molecule has 0 spiro atoms. The maximum atomic E-state index is 12.6. The molecule has 7 heteroatoms. The van der Waals surface area contributed by atoms with Crippen molar-refractivity contribution in [3.8, 4) is 11.1 Å². The van der Waals surface area contributed by atoms with E-state index in [9.17, 15) is 19.7 Å². The smallest absolute Gasteiger partial charge is 0.328 e. The summed E-state index contributed by atoms with van der Waals surface area (Å²) in [6.45, 7) is 0. The van der Waals surface area contributed by atoms with Crippen molar-refractivity contribution in [2.45, 2.75) is 12.5 Å². The van der Waals surface area contributed by atoms with Crippen LogP contribution in [0, 0.1) is 10.1 Å². The second-order valence-electron chi connectivity index (χ2n) is 6.62. The van der Waals surface area contributed by atoms with E-state index in [1.165, 1.54) is 19.2 Å². The van der Waals surface area contributed by atoms with E-state index >= 15 is 0 Å². The lowest BCUT2D eigenvalue weighted by Gasteiger charge is -2.17. The van der Waals surface area contributed by atoms with Gasteiger partial charge >= 0.3 is 5.97 Å². The molecule has 0 fully saturated rings. The van der Waals surface area contributed by atoms with E-state index in [0.717, 1.165) is 11.1 Å². The molecule has 3 rings (SSSR count). The number of hydrogen-bond acceptors (Lipinski definition) is 5. The zero-order valence-corrected chi connectivity index (χ0v) is 16.3. The Morgan fingerprint density at radius 1 is 0.933 bits per heavy atom. The summed E-state index contributed by atoms with van der Waals surface area (Å²) in [6, 6.07) is 21.7. The highest BCUT2D eigenvalue weighted by Crippen LogP contribution is 2.19. The molecule has 0 aliphatic heterocycles. The number of esters is 1. The molecule has 0 heterocycles. The third kappa shape index (κ3) is 5.08. The van der Waals surface area contributed by atoms with E-state index in [4.69, 9.17) is 4.74 Å². The molecule has 1 atom stereocenters. The first-order valence-corrected chi connectivity index (χ1v) is 9.25. The fourth-order valence-corrected chi connectivity index (χ4v) is 3.01. The van der Waals surface area contributed by atoms with Crippen molar-refractivity contribution in [2.24, 2.45) is 0 Å². The zero-order chi connectivity index (χ0) is 21.5. The Labute approximate surface area is 173 Å². The lowest BCUT2D eigenvalue weighted by molar-refractivity contribution is -0.384. The summed E-state index contributed by atoms with van der Waals surface area (Å²) >= 11 is 0. The Morgan fingerprint density at radius 3 is 2.10 bits per heavy atom. The molecule has 1 N–H and O–H groups in total. The standard InChI is InChI=1S/C23H20N2O5/c1-30-23(27)21(15-16-7-13-20(14-8-16)25(28)29)24-22(26)19-11-9-18(10-12-19)17-5-3-2-4-6-17/h2-14,21H,15H2,1H3,(H,24,26)/t21-/m1/s1. The second kappa shape index (κ2) is 9.47. The first kappa shape index (κ1) is 20.7. The number of nitrogens with one attached hydrogen (secondary N) is 1. The van der Waals surface area contributed by atoms with E-state index in [1.54, 1.807) is 24.3 Å². The van der Waals surface area contributed by atoms with Crippen LogP contribution in [0.4, 0.5) is 5.69 Å². The van der Waals surface area contributed by atoms with Gasteiger partial charge in [-0.05, 0) is 28.8 Å². The number of hydrogen-bond donors (Lipinski definition) is 1. The monoisotopic (exact) mass is 404 g/mol. The largest absolute Gasteiger partial charge is 0.467 e. The maximum absolute atomic E-state index is 12.6. The van der Waals surface area contributed by atoms with E-state index in [1.807, 2.05) is 42.5 Å². The number of carbonyl (C=O) groups is 2. The number of rotatable bonds is 7. The average Bonchev–Trinajstić information content (AvgIpc) is 2.79. The number of benzene rings is 3. The van der Waals surface area contributed by atoms with E-state index in [-0.39, 0.29) is 12.1 Å². The van der Waals surface area contributed by atoms with Crippen LogP contribution in [-0.4, -0.2) is 30.0 Å². The van der Waals surface area contributed by atoms with Gasteiger partial charge in [0.05, 0.1) is 12.0 Å². The Bertz CT molecular complexity index is 1030. The summed E-state index contributed by atoms with van der Waals surface area (Å²) in [4.78, 5) is 35.1. The van der Waals surface area contributed by atoms with Crippen molar-refractivity contribution in [3.05, 3.63) is 100 Å². The van der Waals surface area contributed by atoms with Gasteiger partial charge in [-0.3, -0.25) is 14.9 Å². The minimum absolute atomic E-state index is 0.0455. The van der Waals surface area contributed by atoms with Gasteiger partial charge in [0.2, 0.25) is 0 Å². The summed E-state index contributed by atoms with van der Waals surface area (Å²) in [5.41, 5.74) is 3.04. The first-order chi connectivity index (χ1) is 14.5. The molecule has 152 valence electrons. The Balaban J connectivity index is 1.72. The number of carbonyl (C=O) groups excluding carboxylic acids is 2. The van der Waals surface area contributed by atoms with Gasteiger partial charge in [-0.15, -0.1) is 0 Å². The number of amides is 1. The highest BCUT2D eigenvalue weighted by atomic mass is 16.6. The van der Waals surface area contributed by atoms with Gasteiger partial charge in [0.15, 0.2) is 0 Å². The lowest BCUT2D eigenvalue weighted by Crippen LogP contribution is -2.43. The molecule has 0 unspecified atom stereocenters. The topological polar surface area (TPSA) is 98.5 Å². The van der Waals surface area contributed by atoms with Crippen LogP contribution in [0.2, 0.25) is 0 Å². The molecule has 30 heavy (non-hydrogen) atoms. The molecule has 3 aromatic rings. The number of ether oxygens (including phenoxy) is 1. The second-order valence-corrected chi connectivity index (χ2v) is 6.62. The molecule has 0 bridgehead atoms. The average molecular weight is 404 g/mol. The Morgan fingerprint density at radius 2 is 1.53 bits per heavy atom. The molecule has 0 saturated carbocycles. The highest BCUT2D eigenvalue weighted by molar-refractivity contribution is 5.97. The number of nitro benzene ring substituents is 1. The van der Waals surface area contributed by atoms with Gasteiger partial charge in [0.1, 0.15) is 6.04 Å². The molecule has 0 aliphatic rings. The molecule has 0 aromatic heterocycles. The molecule has 7 nitrogen and oxygen atoms in total. The Hall–Kier alpha value is -4.00. The van der Waals surface area contributed by atoms with Gasteiger partial charge in [-0.2, -0.15) is 0 Å². The summed E-state index contributed by atoms with van der Waals surface area (Å²) < 4.78 is 4.80. The summed E-state index contributed by atoms with van der Waals surface area (Å²) in [7, 11) is 1.24. The predicted molar refractivity (Wildman–Crippen MR) is 112 cm³/mol. The zero-order valence-electron chi connectivity index (χ0n) is 16.3. The van der Waals surface area contributed by atoms with E-state index < -0.39 is 22.8 Å². The van der Waals surface area contributed by atoms with Crippen LogP contribution in [0.5, 0.6) is 0 Å². The number of non-ortho nitro benzene ring substituents is 1. The fraction of sp³-hybridized carbons (Fsp3) is 0.130. The van der Waals surface area contributed by atoms with Crippen molar-refractivity contribution in [1.29, 1.82) is 0 Å². The summed E-state index contributed by atoms with van der Waals surface area (Å²) in [5, 5.41) is 13.5. The summed E-state index contributed by atoms with van der Waals surface area (Å²) in [6.07, 6.45) is 0.151. The summed E-state index contributed by atoms with van der Waals surface area (Å²) in [5.74, 6) is -1.01. The van der Waals surface area contributed by atoms with Gasteiger partial charge in [-0.25, -0.2) is 4.79 Å². The fourth-order valence-electron chi connectivity index (χ4n) is 3.01. The lowest BCUT2D eigenvalue weighted by atomic mass is 10.0. The molecule has 0 saturated heterocycles. The minimum Gasteiger partial charge on any atom is -0.467 e. The van der Waals surface area contributed by atoms with Gasteiger partial charge in [-0.1, -0.05) is 54.6 Å². The van der Waals surface area contributed by atoms with Crippen LogP contribution < -0.4 is 5.32 Å². The highest BCUT2D eigenvalue weighted by Gasteiger charge is 2.23. The molecule has 0 aliphatic carbocycles.